The van der Waals surface area contributed by atoms with Crippen molar-refractivity contribution in [3.63, 3.8) is 0 Å². The Balaban J connectivity index is 1.30. The third kappa shape index (κ3) is 10.4. The zero-order valence-corrected chi connectivity index (χ0v) is 55.2. The smallest absolute Gasteiger partial charge is 0.252 e. The Kier molecular flexibility index (Phi) is 14.0. The van der Waals surface area contributed by atoms with Crippen LogP contribution in [0, 0.1) is 0 Å². The largest absolute Gasteiger partial charge is 0.311 e. The van der Waals surface area contributed by atoms with Gasteiger partial charge in [0.15, 0.2) is 0 Å². The molecule has 0 amide bonds. The van der Waals surface area contributed by atoms with Crippen LogP contribution in [-0.4, -0.2) is 6.71 Å². The molecule has 0 radical (unpaired) electrons. The van der Waals surface area contributed by atoms with Crippen LogP contribution >= 0.6 is 0 Å². The van der Waals surface area contributed by atoms with Gasteiger partial charge in [0.1, 0.15) is 0 Å². The van der Waals surface area contributed by atoms with Crippen LogP contribution in [0.5, 0.6) is 0 Å². The molecule has 0 bridgehead atoms. The Bertz CT molecular complexity index is 3920. The normalized spacial score (nSPS) is 15.4. The molecule has 0 aromatic heterocycles. The summed E-state index contributed by atoms with van der Waals surface area (Å²) in [7, 11) is 0. The fourth-order valence-electron chi connectivity index (χ4n) is 13.9. The Morgan fingerprint density at radius 1 is 0.349 bits per heavy atom. The first-order valence-corrected chi connectivity index (χ1v) is 31.8. The molecule has 4 heteroatoms. The Labute approximate surface area is 517 Å². The van der Waals surface area contributed by atoms with Crippen molar-refractivity contribution in [3.8, 4) is 22.3 Å². The van der Waals surface area contributed by atoms with Gasteiger partial charge in [-0.05, 0) is 190 Å². The van der Waals surface area contributed by atoms with Crippen molar-refractivity contribution < 1.29 is 0 Å². The summed E-state index contributed by atoms with van der Waals surface area (Å²) in [6.45, 7) is 44.9. The maximum absolute atomic E-state index is 2.77. The van der Waals surface area contributed by atoms with E-state index in [4.69, 9.17) is 0 Å². The van der Waals surface area contributed by atoms with Crippen molar-refractivity contribution in [1.29, 1.82) is 0 Å². The van der Waals surface area contributed by atoms with Crippen LogP contribution in [0.15, 0.2) is 188 Å². The van der Waals surface area contributed by atoms with Gasteiger partial charge in [-0.1, -0.05) is 247 Å². The number of rotatable bonds is 7. The minimum Gasteiger partial charge on any atom is -0.311 e. The van der Waals surface area contributed by atoms with Crippen LogP contribution in [0.4, 0.5) is 51.2 Å². The number of fused-ring (bicyclic) bond motifs is 5. The third-order valence-corrected chi connectivity index (χ3v) is 19.5. The number of hydrogen-bond donors (Lipinski definition) is 0. The summed E-state index contributed by atoms with van der Waals surface area (Å²) in [6.07, 6.45) is 2.24. The van der Waals surface area contributed by atoms with Crippen molar-refractivity contribution in [2.45, 2.75) is 182 Å². The van der Waals surface area contributed by atoms with E-state index in [1.54, 1.807) is 0 Å². The maximum atomic E-state index is 2.77. The van der Waals surface area contributed by atoms with E-state index in [0.29, 0.717) is 0 Å². The van der Waals surface area contributed by atoms with Crippen LogP contribution in [0.25, 0.3) is 22.3 Å². The molecule has 9 aromatic carbocycles. The van der Waals surface area contributed by atoms with Crippen molar-refractivity contribution >= 4 is 74.3 Å². The van der Waals surface area contributed by atoms with Crippen molar-refractivity contribution in [2.75, 3.05) is 14.7 Å². The lowest BCUT2D eigenvalue weighted by molar-refractivity contribution is 0.332. The summed E-state index contributed by atoms with van der Waals surface area (Å²) < 4.78 is 0. The highest BCUT2D eigenvalue weighted by Crippen LogP contribution is 2.56. The fourth-order valence-corrected chi connectivity index (χ4v) is 13.9. The van der Waals surface area contributed by atoms with Crippen LogP contribution in [0.2, 0.25) is 0 Å². The molecule has 12 rings (SSSR count). The molecular formula is C82H92BN3. The van der Waals surface area contributed by atoms with Gasteiger partial charge in [-0.2, -0.15) is 0 Å². The van der Waals surface area contributed by atoms with Crippen LogP contribution in [-0.2, 0) is 37.9 Å². The summed E-state index contributed by atoms with van der Waals surface area (Å²) in [6, 6.07) is 73.9. The van der Waals surface area contributed by atoms with Crippen LogP contribution < -0.4 is 31.1 Å². The van der Waals surface area contributed by atoms with Crippen molar-refractivity contribution in [1.82, 2.24) is 0 Å². The first-order valence-electron chi connectivity index (χ1n) is 31.8. The molecule has 86 heavy (non-hydrogen) atoms. The summed E-state index contributed by atoms with van der Waals surface area (Å²) in [5, 5.41) is 0. The highest BCUT2D eigenvalue weighted by Gasteiger charge is 2.48. The van der Waals surface area contributed by atoms with E-state index >= 15 is 0 Å². The van der Waals surface area contributed by atoms with E-state index in [1.807, 2.05) is 0 Å². The fraction of sp³-hybridized carbons (Fsp3) is 0.341. The quantitative estimate of drug-likeness (QED) is 0.147. The van der Waals surface area contributed by atoms with Gasteiger partial charge in [-0.25, -0.2) is 0 Å². The molecule has 2 heterocycles. The SMILES string of the molecule is CC(C)(C)c1ccc(N(c2ccc(C(C)(C)C)cc2)c2cc3c4c(c2)N(c2c(-c5ccccc5)cc(C(C)(C)C)cc2-c2ccccc2)c2cc5c(cc2B4c2cc(C(C)(C)C)ccc2N3c2ccc(C(C)(C)C)cc2)C(C)(C)CCC5(C)C)cc1. The zero-order chi connectivity index (χ0) is 61.4. The first kappa shape index (κ1) is 58.8. The summed E-state index contributed by atoms with van der Waals surface area (Å²) in [5.41, 5.74) is 28.4. The molecule has 0 saturated carbocycles. The molecule has 0 unspecified atom stereocenters. The van der Waals surface area contributed by atoms with E-state index in [9.17, 15) is 0 Å². The lowest BCUT2D eigenvalue weighted by Crippen LogP contribution is -2.62. The van der Waals surface area contributed by atoms with Gasteiger partial charge in [0.25, 0.3) is 6.71 Å². The minimum absolute atomic E-state index is 0.0155. The minimum atomic E-state index is -0.145. The van der Waals surface area contributed by atoms with Crippen molar-refractivity contribution in [3.05, 3.63) is 227 Å². The van der Waals surface area contributed by atoms with Gasteiger partial charge in [0.2, 0.25) is 0 Å². The monoisotopic (exact) mass is 1130 g/mol. The highest BCUT2D eigenvalue weighted by molar-refractivity contribution is 7.00. The summed E-state index contributed by atoms with van der Waals surface area (Å²) in [5.74, 6) is 0. The second-order valence-electron chi connectivity index (χ2n) is 31.9. The van der Waals surface area contributed by atoms with Gasteiger partial charge in [-0.3, -0.25) is 0 Å². The molecule has 0 N–H and O–H groups in total. The van der Waals surface area contributed by atoms with E-state index in [2.05, 4.69) is 334 Å². The average Bonchev–Trinajstić information content (AvgIpc) is 0.693. The number of hydrogen-bond acceptors (Lipinski definition) is 3. The molecule has 438 valence electrons. The Hall–Kier alpha value is -7.56. The molecule has 3 aliphatic rings. The molecule has 0 fully saturated rings. The van der Waals surface area contributed by atoms with E-state index in [-0.39, 0.29) is 44.6 Å². The first-order chi connectivity index (χ1) is 40.3. The Morgan fingerprint density at radius 2 is 0.744 bits per heavy atom. The van der Waals surface area contributed by atoms with Gasteiger partial charge in [0.05, 0.1) is 11.4 Å². The van der Waals surface area contributed by atoms with Crippen molar-refractivity contribution in [2.24, 2.45) is 0 Å². The van der Waals surface area contributed by atoms with Gasteiger partial charge < -0.3 is 14.7 Å². The molecule has 0 saturated heterocycles. The van der Waals surface area contributed by atoms with Crippen LogP contribution in [0.1, 0.15) is 183 Å². The van der Waals surface area contributed by atoms with Crippen LogP contribution in [0.3, 0.4) is 0 Å². The second kappa shape index (κ2) is 20.5. The predicted molar refractivity (Wildman–Crippen MR) is 375 cm³/mol. The molecule has 9 aromatic rings. The standard InChI is InChI=1S/C82H92BN3/c1-76(2,3)55-30-37-60(38-31-55)84(61-39-32-56(33-40-61)77(4,5)6)63-49-72-74-73(50-63)86(75-64(53-26-22-20-23-27-53)46-59(80(13,14)15)47-65(75)54-28-24-21-25-29-54)71-52-67-66(81(16,17)44-45-82(67,18)19)51-69(71)83(74)68-48-58(79(10,11)12)36-43-70(68)85(72)62-41-34-57(35-42-62)78(7,8)9/h20-43,46-52H,44-45H2,1-19H3. The van der Waals surface area contributed by atoms with Gasteiger partial charge in [0, 0.05) is 50.9 Å². The summed E-state index contributed by atoms with van der Waals surface area (Å²) in [4.78, 5) is 7.94. The summed E-state index contributed by atoms with van der Waals surface area (Å²) >= 11 is 0. The molecule has 3 nitrogen and oxygen atoms in total. The Morgan fingerprint density at radius 3 is 1.19 bits per heavy atom. The number of benzene rings is 9. The van der Waals surface area contributed by atoms with Gasteiger partial charge >= 0.3 is 0 Å². The number of nitrogens with zero attached hydrogens (tertiary/aromatic N) is 3. The molecule has 1 aliphatic carbocycles. The lowest BCUT2D eigenvalue weighted by Gasteiger charge is -2.48. The molecule has 2 aliphatic heterocycles. The van der Waals surface area contributed by atoms with E-state index in [0.717, 1.165) is 35.6 Å². The topological polar surface area (TPSA) is 9.72 Å². The second-order valence-corrected chi connectivity index (χ2v) is 31.9. The average molecular weight is 1130 g/mol. The third-order valence-electron chi connectivity index (χ3n) is 19.5. The molecule has 0 atom stereocenters. The van der Waals surface area contributed by atoms with E-state index in [1.165, 1.54) is 106 Å². The van der Waals surface area contributed by atoms with E-state index < -0.39 is 0 Å². The van der Waals surface area contributed by atoms with Gasteiger partial charge in [-0.15, -0.1) is 0 Å². The lowest BCUT2D eigenvalue weighted by atomic mass is 9.33. The highest BCUT2D eigenvalue weighted by atomic mass is 15.2. The number of anilines is 9. The molecular weight excluding hydrogens is 1040 g/mol. The molecule has 0 spiro atoms. The maximum Gasteiger partial charge on any atom is 0.252 e. The predicted octanol–water partition coefficient (Wildman–Crippen LogP) is 21.4. The zero-order valence-electron chi connectivity index (χ0n) is 55.2.